The van der Waals surface area contributed by atoms with Gasteiger partial charge in [-0.05, 0) is 56.4 Å². The van der Waals surface area contributed by atoms with Crippen LogP contribution in [0.2, 0.25) is 0 Å². The summed E-state index contributed by atoms with van der Waals surface area (Å²) in [7, 11) is 1.000. The predicted octanol–water partition coefficient (Wildman–Crippen LogP) is -8.35. The van der Waals surface area contributed by atoms with Crippen molar-refractivity contribution >= 4 is 141 Å². The van der Waals surface area contributed by atoms with E-state index < -0.39 is 268 Å². The topological polar surface area (TPSA) is 714 Å². The minimum atomic E-state index is -2.49. The number of carbonyl (C=O) groups is 21. The van der Waals surface area contributed by atoms with E-state index in [0.717, 1.165) is 34.8 Å². The number of Topliss-reactive ketones (excluding diaryl/α,β-unsaturated/α-hetero) is 1. The Labute approximate surface area is 628 Å². The van der Waals surface area contributed by atoms with Gasteiger partial charge in [0.05, 0.1) is 58.9 Å². The lowest BCUT2D eigenvalue weighted by Gasteiger charge is -2.30. The first kappa shape index (κ1) is 90.0. The number of H-pyrrole nitrogens is 1. The van der Waals surface area contributed by atoms with Crippen molar-refractivity contribution in [2.75, 3.05) is 39.1 Å². The number of methoxy groups -OCH3 is 1. The number of aliphatic hydroxyl groups is 1. The number of aliphatic hydroxyl groups excluding tert-OH is 1. The molecule has 604 valence electrons. The van der Waals surface area contributed by atoms with Crippen molar-refractivity contribution in [2.45, 2.75) is 158 Å². The Hall–Kier alpha value is -13.4. The summed E-state index contributed by atoms with van der Waals surface area (Å²) in [4.78, 5) is 286. The molecule has 0 spiro atoms. The van der Waals surface area contributed by atoms with Gasteiger partial charge in [-0.1, -0.05) is 37.3 Å². The highest BCUT2D eigenvalue weighted by Gasteiger charge is 2.41. The Balaban J connectivity index is 1.91. The number of rotatable bonds is 28. The molecule has 0 aliphatic carbocycles. The molecular formula is C66H87N17O28. The van der Waals surface area contributed by atoms with E-state index in [1.807, 2.05) is 21.3 Å². The molecule has 2 heterocycles. The van der Waals surface area contributed by atoms with Gasteiger partial charge in [-0.15, -0.1) is 0 Å². The SMILES string of the molecule is COC(=O)NCCC[C@@H]1NC(=O)CNC(=O)[C@@H](NC(=O)[C@H](CC(=O)O)NC(=O)[C@@H](CC(N)=O)NC(=O)[C@H](Cc2c[nH]c3ccccc23)NC(C)=O)[C@@H](C)OC(=O)[C@H](CC(=O)c2ccccc2N)NC(=O)[C@H]([C@@H](C)CC(=O)O)NC(=O)[C@@H](CO)NC(=O)CNC(=O)[C@H](CC(=O)O)NC(=O)[C@@H](C)NC(=O)[C@H](CC(=O)O)NC1=O. The van der Waals surface area contributed by atoms with Gasteiger partial charge >= 0.3 is 35.9 Å². The van der Waals surface area contributed by atoms with Crippen LogP contribution in [0.15, 0.2) is 54.7 Å². The number of amides is 15. The molecule has 0 bridgehead atoms. The maximum Gasteiger partial charge on any atom is 0.406 e. The number of benzene rings is 2. The molecular weight excluding hydrogens is 1480 g/mol. The van der Waals surface area contributed by atoms with Crippen LogP contribution in [0.1, 0.15) is 95.0 Å². The number of cyclic esters (lactones) is 1. The fourth-order valence-electron chi connectivity index (χ4n) is 10.7. The highest BCUT2D eigenvalue weighted by molar-refractivity contribution is 6.05. The summed E-state index contributed by atoms with van der Waals surface area (Å²) in [5.74, 6) is -30.5. The summed E-state index contributed by atoms with van der Waals surface area (Å²) in [5, 5.41) is 80.1. The number of nitrogens with one attached hydrogen (secondary N) is 15. The zero-order valence-corrected chi connectivity index (χ0v) is 60.2. The van der Waals surface area contributed by atoms with Crippen molar-refractivity contribution in [1.82, 2.24) is 79.4 Å². The molecule has 1 aliphatic heterocycles. The second-order valence-electron chi connectivity index (χ2n) is 25.1. The second-order valence-corrected chi connectivity index (χ2v) is 25.1. The number of aromatic nitrogens is 1. The molecule has 3 aromatic rings. The van der Waals surface area contributed by atoms with E-state index in [2.05, 4.69) is 62.9 Å². The van der Waals surface area contributed by atoms with Gasteiger partial charge < -0.3 is 126 Å². The maximum absolute atomic E-state index is 14.8. The van der Waals surface area contributed by atoms with Crippen LogP contribution >= 0.6 is 0 Å². The van der Waals surface area contributed by atoms with Crippen LogP contribution < -0.4 is 85.9 Å². The number of primary amides is 1. The van der Waals surface area contributed by atoms with Crippen LogP contribution in [-0.2, 0) is 107 Å². The molecule has 1 fully saturated rings. The Morgan fingerprint density at radius 2 is 1.13 bits per heavy atom. The normalized spacial score (nSPS) is 21.4. The van der Waals surface area contributed by atoms with Gasteiger partial charge in [0.25, 0.3) is 0 Å². The average Bonchev–Trinajstić information content (AvgIpc) is 1.76. The summed E-state index contributed by atoms with van der Waals surface area (Å²) in [6.07, 6.45) is -9.82. The Morgan fingerprint density at radius 1 is 0.586 bits per heavy atom. The number of ketones is 1. The monoisotopic (exact) mass is 1570 g/mol. The molecule has 2 aromatic carbocycles. The lowest BCUT2D eigenvalue weighted by Crippen LogP contribution is -2.62. The van der Waals surface area contributed by atoms with Gasteiger partial charge in [0.15, 0.2) is 5.78 Å². The molecule has 13 atom stereocenters. The number of para-hydroxylation sites is 2. The molecule has 45 nitrogen and oxygen atoms in total. The number of anilines is 1. The third kappa shape index (κ3) is 29.7. The number of nitrogen functional groups attached to an aromatic ring is 1. The fraction of sp³-hybridized carbons (Fsp3) is 0.470. The lowest BCUT2D eigenvalue weighted by atomic mass is 9.96. The standard InChI is InChI=1S/C66H87N17O28/c1-28(17-49(90)91)53-64(107)81-43(19-45(86)34-12-6-8-13-35(34)67)65(108)111-30(3)54(83-61(104)42(23-52(96)97)80-60(103)39(20-46(68)87)78-59(102)38(74-31(4)85)18-32-24-70-36-14-9-7-11-33(32)36)63(106)72-26-47(88)75-37(15-10-16-69-66(109)110-5)57(100)79-41(22-51(94)95)58(101)73-29(2)55(98)77-40(21-50(92)93)56(99)71-25-48(89)76-44(27-84)62(105)82-53/h6-9,11-14,24,28-30,37-44,53-54,70,84H,10,15-23,25-27,67H2,1-5H3,(H2,68,87)(H,69,109)(H,71,99)(H,72,106)(H,73,101)(H,74,85)(H,75,88)(H,76,89)(H,77,98)(H,78,102)(H,79,100)(H,80,103)(H,81,107)(H,82,105)(H,83,104)(H,90,91)(H,92,93)(H,94,95)(H,96,97)/t28-,29+,30+,37-,38-,39+,40-,41-,42-,43-,44+,53-,54-/m0/s1. The third-order valence-electron chi connectivity index (χ3n) is 16.3. The van der Waals surface area contributed by atoms with E-state index in [9.17, 15) is 126 Å². The van der Waals surface area contributed by atoms with Crippen molar-refractivity contribution in [3.8, 4) is 0 Å². The minimum Gasteiger partial charge on any atom is -0.481 e. The zero-order valence-electron chi connectivity index (χ0n) is 60.2. The number of nitrogens with two attached hydrogens (primary N) is 2. The molecule has 1 saturated heterocycles. The number of hydrogen-bond donors (Lipinski definition) is 22. The summed E-state index contributed by atoms with van der Waals surface area (Å²) < 4.78 is 10.2. The molecule has 45 heteroatoms. The van der Waals surface area contributed by atoms with E-state index in [0.29, 0.717) is 16.5 Å². The highest BCUT2D eigenvalue weighted by Crippen LogP contribution is 2.21. The number of alkyl carbamates (subject to hydrolysis) is 1. The average molecular weight is 1570 g/mol. The van der Waals surface area contributed by atoms with Gasteiger partial charge in [-0.25, -0.2) is 9.59 Å². The summed E-state index contributed by atoms with van der Waals surface area (Å²) >= 11 is 0. The summed E-state index contributed by atoms with van der Waals surface area (Å²) in [6, 6.07) is -11.1. The fourth-order valence-corrected chi connectivity index (χ4v) is 10.7. The van der Waals surface area contributed by atoms with E-state index >= 15 is 0 Å². The summed E-state index contributed by atoms with van der Waals surface area (Å²) in [6.45, 7) is -0.184. The number of hydrogen-bond acceptors (Lipinski definition) is 25. The first-order valence-corrected chi connectivity index (χ1v) is 33.8. The largest absolute Gasteiger partial charge is 0.481 e. The number of aromatic amines is 1. The van der Waals surface area contributed by atoms with Crippen LogP contribution in [0.5, 0.6) is 0 Å². The lowest BCUT2D eigenvalue weighted by molar-refractivity contribution is -0.156. The van der Waals surface area contributed by atoms with Crippen LogP contribution in [0.3, 0.4) is 0 Å². The smallest absolute Gasteiger partial charge is 0.406 e. The van der Waals surface area contributed by atoms with Crippen LogP contribution in [0.25, 0.3) is 10.9 Å². The first-order chi connectivity index (χ1) is 52.2. The summed E-state index contributed by atoms with van der Waals surface area (Å²) in [5.41, 5.74) is 12.1. The first-order valence-electron chi connectivity index (χ1n) is 33.8. The predicted molar refractivity (Wildman–Crippen MR) is 375 cm³/mol. The van der Waals surface area contributed by atoms with Gasteiger partial charge in [-0.2, -0.15) is 0 Å². The molecule has 4 rings (SSSR count). The number of fused-ring (bicyclic) bond motifs is 1. The number of carboxylic acid groups (broad SMARTS) is 4. The van der Waals surface area contributed by atoms with Crippen LogP contribution in [0.4, 0.5) is 10.5 Å². The van der Waals surface area contributed by atoms with E-state index in [1.165, 1.54) is 30.5 Å². The molecule has 15 amide bonds. The van der Waals surface area contributed by atoms with Crippen molar-refractivity contribution in [3.05, 3.63) is 65.9 Å². The number of ether oxygens (including phenoxy) is 2. The van der Waals surface area contributed by atoms with Crippen molar-refractivity contribution in [1.29, 1.82) is 0 Å². The van der Waals surface area contributed by atoms with E-state index in [1.54, 1.807) is 24.3 Å². The maximum atomic E-state index is 14.8. The highest BCUT2D eigenvalue weighted by atomic mass is 16.5. The molecule has 1 aromatic heterocycles. The molecule has 1 aliphatic rings. The molecule has 24 N–H and O–H groups in total. The van der Waals surface area contributed by atoms with Crippen LogP contribution in [-0.4, -0.2) is 261 Å². The molecule has 0 unspecified atom stereocenters. The van der Waals surface area contributed by atoms with E-state index in [4.69, 9.17) is 16.2 Å². The minimum absolute atomic E-state index is 0.208. The second kappa shape index (κ2) is 43.4. The van der Waals surface area contributed by atoms with Gasteiger partial charge in [0.2, 0.25) is 82.7 Å². The van der Waals surface area contributed by atoms with Gasteiger partial charge in [0.1, 0.15) is 72.6 Å². The van der Waals surface area contributed by atoms with Crippen molar-refractivity contribution in [2.24, 2.45) is 11.7 Å². The Kier molecular flexibility index (Phi) is 35.2. The Bertz CT molecular complexity index is 4040. The number of carboxylic acids is 4. The number of aliphatic carboxylic acids is 4. The number of carbonyl (C=O) groups excluding carboxylic acids is 17. The quantitative estimate of drug-likeness (QED) is 0.0139. The van der Waals surface area contributed by atoms with Crippen molar-refractivity contribution in [3.63, 3.8) is 0 Å². The van der Waals surface area contributed by atoms with E-state index in [-0.39, 0.29) is 30.6 Å². The third-order valence-corrected chi connectivity index (χ3v) is 16.3. The molecule has 0 saturated carbocycles. The number of esters is 1. The zero-order chi connectivity index (χ0) is 83.1. The molecule has 111 heavy (non-hydrogen) atoms. The van der Waals surface area contributed by atoms with Gasteiger partial charge in [0, 0.05) is 54.7 Å². The Morgan fingerprint density at radius 3 is 1.71 bits per heavy atom. The molecule has 0 radical (unpaired) electrons. The van der Waals surface area contributed by atoms with Gasteiger partial charge in [-0.3, -0.25) is 91.1 Å². The van der Waals surface area contributed by atoms with Crippen LogP contribution in [0, 0.1) is 5.92 Å². The van der Waals surface area contributed by atoms with Crippen molar-refractivity contribution < 1.29 is 136 Å².